The van der Waals surface area contributed by atoms with Crippen LogP contribution in [0.1, 0.15) is 13.3 Å². The Morgan fingerprint density at radius 3 is 2.14 bits per heavy atom. The van der Waals surface area contributed by atoms with Gasteiger partial charge in [-0.05, 0) is 6.92 Å². The molecule has 0 amide bonds. The number of aliphatic hydroxyl groups is 1. The molecule has 3 nitrogen and oxygen atoms in total. The third-order valence-electron chi connectivity index (χ3n) is 1.55. The van der Waals surface area contributed by atoms with Crippen molar-refractivity contribution < 1.29 is 27.8 Å². The molecule has 0 bridgehead atoms. The van der Waals surface area contributed by atoms with Crippen molar-refractivity contribution in [2.75, 3.05) is 7.11 Å². The lowest BCUT2D eigenvalue weighted by Crippen LogP contribution is -2.52. The van der Waals surface area contributed by atoms with Crippen molar-refractivity contribution in [3.8, 4) is 0 Å². The molecular formula is C8H11F3O3. The maximum atomic E-state index is 12.3. The summed E-state index contributed by atoms with van der Waals surface area (Å²) in [6.45, 7) is 4.48. The molecule has 0 aromatic rings. The number of esters is 1. The van der Waals surface area contributed by atoms with E-state index < -0.39 is 24.2 Å². The monoisotopic (exact) mass is 212 g/mol. The second kappa shape index (κ2) is 4.00. The Morgan fingerprint density at radius 1 is 1.50 bits per heavy atom. The highest BCUT2D eigenvalue weighted by Gasteiger charge is 2.60. The summed E-state index contributed by atoms with van der Waals surface area (Å²) >= 11 is 0. The Morgan fingerprint density at radius 2 is 1.93 bits per heavy atom. The summed E-state index contributed by atoms with van der Waals surface area (Å²) in [6.07, 6.45) is -5.97. The van der Waals surface area contributed by atoms with Crippen LogP contribution in [0.5, 0.6) is 0 Å². The minimum absolute atomic E-state index is 0.0372. The van der Waals surface area contributed by atoms with Crippen LogP contribution in [0.25, 0.3) is 0 Å². The number of hydrogen-bond acceptors (Lipinski definition) is 3. The van der Waals surface area contributed by atoms with Gasteiger partial charge in [0.05, 0.1) is 7.11 Å². The van der Waals surface area contributed by atoms with Crippen molar-refractivity contribution in [2.45, 2.75) is 25.1 Å². The molecule has 0 aromatic carbocycles. The Bertz CT molecular complexity index is 247. The molecule has 0 rings (SSSR count). The first-order valence-corrected chi connectivity index (χ1v) is 3.67. The summed E-state index contributed by atoms with van der Waals surface area (Å²) in [5.74, 6) is -1.73. The van der Waals surface area contributed by atoms with E-state index in [2.05, 4.69) is 11.3 Å². The lowest BCUT2D eigenvalue weighted by Gasteiger charge is -2.27. The molecule has 0 radical (unpaired) electrons. The second-order valence-corrected chi connectivity index (χ2v) is 2.98. The largest absolute Gasteiger partial charge is 0.467 e. The van der Waals surface area contributed by atoms with Gasteiger partial charge in [0, 0.05) is 6.42 Å². The second-order valence-electron chi connectivity index (χ2n) is 2.98. The quantitative estimate of drug-likeness (QED) is 0.568. The molecule has 6 heteroatoms. The first-order valence-electron chi connectivity index (χ1n) is 3.67. The highest BCUT2D eigenvalue weighted by Crippen LogP contribution is 2.35. The fraction of sp³-hybridized carbons (Fsp3) is 0.625. The number of carbonyl (C=O) groups excluding carboxylic acids is 1. The van der Waals surface area contributed by atoms with Crippen LogP contribution >= 0.6 is 0 Å². The minimum atomic E-state index is -5.07. The van der Waals surface area contributed by atoms with Crippen molar-refractivity contribution in [1.82, 2.24) is 0 Å². The van der Waals surface area contributed by atoms with Crippen LogP contribution in [0.15, 0.2) is 12.2 Å². The Hall–Kier alpha value is -1.04. The molecule has 14 heavy (non-hydrogen) atoms. The van der Waals surface area contributed by atoms with Gasteiger partial charge in [-0.15, -0.1) is 6.58 Å². The van der Waals surface area contributed by atoms with E-state index in [1.54, 1.807) is 0 Å². The fourth-order valence-electron chi connectivity index (χ4n) is 0.894. The molecule has 0 unspecified atom stereocenters. The van der Waals surface area contributed by atoms with Crippen LogP contribution in [0, 0.1) is 0 Å². The van der Waals surface area contributed by atoms with E-state index in [0.29, 0.717) is 0 Å². The van der Waals surface area contributed by atoms with Gasteiger partial charge in [0.2, 0.25) is 0 Å². The summed E-state index contributed by atoms with van der Waals surface area (Å²) in [7, 11) is 0.775. The molecule has 0 aliphatic heterocycles. The van der Waals surface area contributed by atoms with E-state index in [-0.39, 0.29) is 5.57 Å². The Kier molecular flexibility index (Phi) is 3.70. The van der Waals surface area contributed by atoms with Crippen LogP contribution in [0.3, 0.4) is 0 Å². The maximum Gasteiger partial charge on any atom is 0.428 e. The van der Waals surface area contributed by atoms with E-state index >= 15 is 0 Å². The smallest absolute Gasteiger partial charge is 0.428 e. The molecule has 0 aliphatic carbocycles. The normalized spacial score (nSPS) is 15.9. The van der Waals surface area contributed by atoms with Crippen molar-refractivity contribution >= 4 is 5.97 Å². The first kappa shape index (κ1) is 13.0. The molecule has 0 heterocycles. The van der Waals surface area contributed by atoms with E-state index in [0.717, 1.165) is 7.11 Å². The molecule has 1 atom stereocenters. The number of carbonyl (C=O) groups is 1. The molecule has 0 saturated heterocycles. The Balaban J connectivity index is 5.05. The zero-order valence-electron chi connectivity index (χ0n) is 7.81. The third-order valence-corrected chi connectivity index (χ3v) is 1.55. The standard InChI is InChI=1S/C8H11F3O3/c1-5(2)4-7(13,6(12)14-3)8(9,10)11/h13H,1,4H2,2-3H3/t7-/m0/s1. The summed E-state index contributed by atoms with van der Waals surface area (Å²) < 4.78 is 40.8. The van der Waals surface area contributed by atoms with Gasteiger partial charge in [0.25, 0.3) is 5.60 Å². The van der Waals surface area contributed by atoms with Gasteiger partial charge in [-0.3, -0.25) is 0 Å². The molecule has 0 saturated carbocycles. The van der Waals surface area contributed by atoms with E-state index in [1.807, 2.05) is 0 Å². The van der Waals surface area contributed by atoms with Gasteiger partial charge in [-0.2, -0.15) is 13.2 Å². The van der Waals surface area contributed by atoms with Crippen LogP contribution in [-0.4, -0.2) is 30.0 Å². The zero-order chi connectivity index (χ0) is 11.6. The Labute approximate surface area is 79.2 Å². The highest BCUT2D eigenvalue weighted by atomic mass is 19.4. The minimum Gasteiger partial charge on any atom is -0.467 e. The molecule has 0 spiro atoms. The lowest BCUT2D eigenvalue weighted by atomic mass is 9.95. The van der Waals surface area contributed by atoms with Crippen molar-refractivity contribution in [3.63, 3.8) is 0 Å². The molecule has 1 N–H and O–H groups in total. The number of rotatable bonds is 3. The van der Waals surface area contributed by atoms with Crippen molar-refractivity contribution in [1.29, 1.82) is 0 Å². The van der Waals surface area contributed by atoms with Crippen LogP contribution in [0.2, 0.25) is 0 Å². The molecular weight excluding hydrogens is 201 g/mol. The zero-order valence-corrected chi connectivity index (χ0v) is 7.81. The summed E-state index contributed by atoms with van der Waals surface area (Å²) in [5, 5.41) is 9.13. The first-order chi connectivity index (χ1) is 6.15. The van der Waals surface area contributed by atoms with Gasteiger partial charge >= 0.3 is 12.1 Å². The molecule has 82 valence electrons. The predicted molar refractivity (Wildman–Crippen MR) is 42.5 cm³/mol. The molecule has 0 aliphatic rings. The molecule has 0 aromatic heterocycles. The van der Waals surface area contributed by atoms with E-state index in [4.69, 9.17) is 5.11 Å². The lowest BCUT2D eigenvalue weighted by molar-refractivity contribution is -0.261. The number of halogens is 3. The van der Waals surface area contributed by atoms with Crippen LogP contribution in [0.4, 0.5) is 13.2 Å². The van der Waals surface area contributed by atoms with E-state index in [9.17, 15) is 18.0 Å². The SMILES string of the molecule is C=C(C)C[C@](O)(C(=O)OC)C(F)(F)F. The van der Waals surface area contributed by atoms with Gasteiger partial charge in [0.1, 0.15) is 0 Å². The number of hydrogen-bond donors (Lipinski definition) is 1. The number of methoxy groups -OCH3 is 1. The molecule has 0 fully saturated rings. The van der Waals surface area contributed by atoms with Crippen LogP contribution < -0.4 is 0 Å². The summed E-state index contributed by atoms with van der Waals surface area (Å²) in [6, 6.07) is 0. The summed E-state index contributed by atoms with van der Waals surface area (Å²) in [4.78, 5) is 10.8. The van der Waals surface area contributed by atoms with Gasteiger partial charge in [0.15, 0.2) is 0 Å². The van der Waals surface area contributed by atoms with Gasteiger partial charge in [-0.1, -0.05) is 5.57 Å². The van der Waals surface area contributed by atoms with Crippen molar-refractivity contribution in [2.24, 2.45) is 0 Å². The fourth-order valence-corrected chi connectivity index (χ4v) is 0.894. The average Bonchev–Trinajstić information content (AvgIpc) is 1.99. The average molecular weight is 212 g/mol. The maximum absolute atomic E-state index is 12.3. The summed E-state index contributed by atoms with van der Waals surface area (Å²) in [5.41, 5.74) is -3.46. The van der Waals surface area contributed by atoms with Gasteiger partial charge < -0.3 is 9.84 Å². The third kappa shape index (κ3) is 2.47. The van der Waals surface area contributed by atoms with E-state index in [1.165, 1.54) is 6.92 Å². The number of ether oxygens (including phenoxy) is 1. The van der Waals surface area contributed by atoms with Crippen molar-refractivity contribution in [3.05, 3.63) is 12.2 Å². The number of alkyl halides is 3. The highest BCUT2D eigenvalue weighted by molar-refractivity contribution is 5.80. The predicted octanol–water partition coefficient (Wildman–Crippen LogP) is 1.42. The van der Waals surface area contributed by atoms with Crippen LogP contribution in [-0.2, 0) is 9.53 Å². The topological polar surface area (TPSA) is 46.5 Å². The van der Waals surface area contributed by atoms with Gasteiger partial charge in [-0.25, -0.2) is 4.79 Å².